The summed E-state index contributed by atoms with van der Waals surface area (Å²) in [6.07, 6.45) is -4.85. The lowest BCUT2D eigenvalue weighted by Gasteiger charge is -2.20. The minimum atomic E-state index is -4.85. The van der Waals surface area contributed by atoms with Crippen molar-refractivity contribution in [1.29, 1.82) is 0 Å². The summed E-state index contributed by atoms with van der Waals surface area (Å²) >= 11 is 0. The molecule has 3 aromatic carbocycles. The van der Waals surface area contributed by atoms with Crippen LogP contribution in [0.3, 0.4) is 0 Å². The highest BCUT2D eigenvalue weighted by molar-refractivity contribution is 5.67. The first-order valence-electron chi connectivity index (χ1n) is 12.5. The van der Waals surface area contributed by atoms with E-state index in [1.165, 1.54) is 4.57 Å². The lowest BCUT2D eigenvalue weighted by Crippen LogP contribution is -2.25. The van der Waals surface area contributed by atoms with Crippen LogP contribution in [0, 0.1) is 20.4 Å². The maximum Gasteiger partial charge on any atom is 0.407 e. The third-order valence-corrected chi connectivity index (χ3v) is 6.60. The Morgan fingerprint density at radius 3 is 2.18 bits per heavy atom. The molecule has 0 saturated heterocycles. The molecule has 0 saturated carbocycles. The minimum absolute atomic E-state index is 0.0266. The number of pyridine rings is 1. The molecule has 0 aliphatic heterocycles. The second-order valence-corrected chi connectivity index (χ2v) is 10.6. The van der Waals surface area contributed by atoms with Gasteiger partial charge in [0.1, 0.15) is 11.5 Å². The number of alkyl halides is 3. The maximum absolute atomic E-state index is 13.9. The van der Waals surface area contributed by atoms with Crippen LogP contribution in [0.4, 0.5) is 18.9 Å². The molecule has 0 unspecified atom stereocenters. The van der Waals surface area contributed by atoms with Gasteiger partial charge in [-0.15, -0.1) is 0 Å². The van der Waals surface area contributed by atoms with Gasteiger partial charge in [-0.25, -0.2) is 4.85 Å². The van der Waals surface area contributed by atoms with E-state index in [9.17, 15) is 18.0 Å². The highest BCUT2D eigenvalue weighted by Crippen LogP contribution is 2.38. The largest absolute Gasteiger partial charge is 0.457 e. The number of benzene rings is 3. The van der Waals surface area contributed by atoms with Crippen molar-refractivity contribution in [3.63, 3.8) is 0 Å². The van der Waals surface area contributed by atoms with E-state index in [-0.39, 0.29) is 17.7 Å². The Morgan fingerprint density at radius 1 is 0.897 bits per heavy atom. The molecule has 0 fully saturated rings. The maximum atomic E-state index is 13.9. The Balaban J connectivity index is 1.79. The van der Waals surface area contributed by atoms with Crippen molar-refractivity contribution in [3.05, 3.63) is 122 Å². The molecular formula is C32H29F3N2O2. The molecule has 0 atom stereocenters. The molecular weight excluding hydrogens is 501 g/mol. The van der Waals surface area contributed by atoms with Gasteiger partial charge < -0.3 is 9.30 Å². The van der Waals surface area contributed by atoms with Crippen molar-refractivity contribution in [2.45, 2.75) is 52.8 Å². The number of halogens is 3. The zero-order chi connectivity index (χ0) is 28.5. The van der Waals surface area contributed by atoms with Crippen LogP contribution in [-0.4, -0.2) is 4.57 Å². The van der Waals surface area contributed by atoms with Crippen molar-refractivity contribution < 1.29 is 17.9 Å². The minimum Gasteiger partial charge on any atom is -0.457 e. The van der Waals surface area contributed by atoms with E-state index < -0.39 is 23.0 Å². The Hall–Kier alpha value is -4.31. The highest BCUT2D eigenvalue weighted by atomic mass is 19.4. The summed E-state index contributed by atoms with van der Waals surface area (Å²) in [5, 5.41) is 0. The summed E-state index contributed by atoms with van der Waals surface area (Å²) in [6.45, 7) is 17.5. The monoisotopic (exact) mass is 530 g/mol. The van der Waals surface area contributed by atoms with Crippen LogP contribution in [0.2, 0.25) is 0 Å². The van der Waals surface area contributed by atoms with Gasteiger partial charge in [0.15, 0.2) is 0 Å². The SMILES string of the molecule is [C-]#[N+]c1c(C(F)(F)F)cc(-c2ccc(Oc3cccc(C(C)(C)C)c3)cc2)n(Cc2ccc(C)cc2C)c1=O. The van der Waals surface area contributed by atoms with Crippen LogP contribution in [-0.2, 0) is 18.1 Å². The molecule has 4 nitrogen and oxygen atoms in total. The summed E-state index contributed by atoms with van der Waals surface area (Å²) < 4.78 is 48.9. The third kappa shape index (κ3) is 6.06. The first-order chi connectivity index (χ1) is 18.3. The first-order valence-corrected chi connectivity index (χ1v) is 12.5. The van der Waals surface area contributed by atoms with Crippen molar-refractivity contribution in [1.82, 2.24) is 4.57 Å². The van der Waals surface area contributed by atoms with Crippen LogP contribution in [0.5, 0.6) is 11.5 Å². The third-order valence-electron chi connectivity index (χ3n) is 6.60. The smallest absolute Gasteiger partial charge is 0.407 e. The van der Waals surface area contributed by atoms with Gasteiger partial charge in [0.25, 0.3) is 11.2 Å². The molecule has 4 aromatic rings. The van der Waals surface area contributed by atoms with Crippen molar-refractivity contribution >= 4 is 5.69 Å². The van der Waals surface area contributed by atoms with Gasteiger partial charge in [-0.3, -0.25) is 4.79 Å². The van der Waals surface area contributed by atoms with Crippen LogP contribution in [0.1, 0.15) is 48.6 Å². The fourth-order valence-corrected chi connectivity index (χ4v) is 4.41. The van der Waals surface area contributed by atoms with Gasteiger partial charge in [0.05, 0.1) is 18.7 Å². The topological polar surface area (TPSA) is 35.6 Å². The van der Waals surface area contributed by atoms with Gasteiger partial charge in [-0.1, -0.05) is 56.7 Å². The molecule has 7 heteroatoms. The van der Waals surface area contributed by atoms with Gasteiger partial charge in [0, 0.05) is 5.69 Å². The number of rotatable bonds is 5. The summed E-state index contributed by atoms with van der Waals surface area (Å²) in [4.78, 5) is 16.3. The zero-order valence-corrected chi connectivity index (χ0v) is 22.5. The molecule has 0 bridgehead atoms. The average Bonchev–Trinajstić information content (AvgIpc) is 2.86. The molecule has 0 radical (unpaired) electrons. The second kappa shape index (κ2) is 10.5. The quantitative estimate of drug-likeness (QED) is 0.242. The van der Waals surface area contributed by atoms with E-state index >= 15 is 0 Å². The van der Waals surface area contributed by atoms with Crippen LogP contribution >= 0.6 is 0 Å². The predicted molar refractivity (Wildman–Crippen MR) is 148 cm³/mol. The Morgan fingerprint density at radius 2 is 1.59 bits per heavy atom. The predicted octanol–water partition coefficient (Wildman–Crippen LogP) is 8.84. The molecule has 4 rings (SSSR count). The molecule has 1 heterocycles. The summed E-state index contributed by atoms with van der Waals surface area (Å²) in [5.74, 6) is 1.14. The van der Waals surface area contributed by atoms with Gasteiger partial charge in [0.2, 0.25) is 0 Å². The van der Waals surface area contributed by atoms with Gasteiger partial charge in [-0.05, 0) is 84.0 Å². The standard InChI is InChI=1S/C32H29F3N2O2/c1-20-10-11-23(21(2)16-20)19-37-28(18-27(32(33,34)35)29(36-6)30(37)38)22-12-14-25(15-13-22)39-26-9-7-8-24(17-26)31(3,4)5/h7-18H,19H2,1-5H3. The Labute approximate surface area is 226 Å². The molecule has 0 aliphatic rings. The number of ether oxygens (including phenoxy) is 1. The molecule has 39 heavy (non-hydrogen) atoms. The molecule has 0 N–H and O–H groups in total. The van der Waals surface area contributed by atoms with Gasteiger partial charge in [-0.2, -0.15) is 13.2 Å². The molecule has 0 amide bonds. The van der Waals surface area contributed by atoms with E-state index in [1.807, 2.05) is 56.3 Å². The van der Waals surface area contributed by atoms with E-state index in [0.717, 1.165) is 28.3 Å². The van der Waals surface area contributed by atoms with Crippen molar-refractivity contribution in [3.8, 4) is 22.8 Å². The zero-order valence-electron chi connectivity index (χ0n) is 22.5. The fraction of sp³-hybridized carbons (Fsp3) is 0.250. The van der Waals surface area contributed by atoms with E-state index in [4.69, 9.17) is 11.3 Å². The van der Waals surface area contributed by atoms with E-state index in [2.05, 4.69) is 25.6 Å². The summed E-state index contributed by atoms with van der Waals surface area (Å²) in [6, 6.07) is 20.8. The van der Waals surface area contributed by atoms with Crippen LogP contribution in [0.25, 0.3) is 16.1 Å². The van der Waals surface area contributed by atoms with Crippen molar-refractivity contribution in [2.75, 3.05) is 0 Å². The highest BCUT2D eigenvalue weighted by Gasteiger charge is 2.36. The first kappa shape index (κ1) is 27.7. The van der Waals surface area contributed by atoms with E-state index in [1.54, 1.807) is 24.3 Å². The lowest BCUT2D eigenvalue weighted by molar-refractivity contribution is -0.136. The number of aromatic nitrogens is 1. The second-order valence-electron chi connectivity index (χ2n) is 10.6. The van der Waals surface area contributed by atoms with Gasteiger partial charge >= 0.3 is 6.18 Å². The normalized spacial score (nSPS) is 11.8. The molecule has 0 spiro atoms. The van der Waals surface area contributed by atoms with Crippen LogP contribution in [0.15, 0.2) is 77.6 Å². The molecule has 1 aromatic heterocycles. The molecule has 200 valence electrons. The summed E-state index contributed by atoms with van der Waals surface area (Å²) in [5.41, 5.74) is 1.06. The fourth-order valence-electron chi connectivity index (χ4n) is 4.41. The Kier molecular flexibility index (Phi) is 7.43. The summed E-state index contributed by atoms with van der Waals surface area (Å²) in [7, 11) is 0. The number of hydrogen-bond acceptors (Lipinski definition) is 2. The average molecular weight is 531 g/mol. The lowest BCUT2D eigenvalue weighted by atomic mass is 9.87. The number of nitrogens with zero attached hydrogens (tertiary/aromatic N) is 2. The van der Waals surface area contributed by atoms with E-state index in [0.29, 0.717) is 17.1 Å². The molecule has 0 aliphatic carbocycles. The number of aryl methyl sites for hydroxylation is 2. The van der Waals surface area contributed by atoms with Crippen molar-refractivity contribution in [2.24, 2.45) is 0 Å². The van der Waals surface area contributed by atoms with Crippen LogP contribution < -0.4 is 10.3 Å². The Bertz CT molecular complexity index is 1620. The number of hydrogen-bond donors (Lipinski definition) is 0.